The second-order valence-electron chi connectivity index (χ2n) is 7.36. The molecule has 1 saturated heterocycles. The van der Waals surface area contributed by atoms with Crippen LogP contribution in [-0.2, 0) is 10.0 Å². The summed E-state index contributed by atoms with van der Waals surface area (Å²) in [5.41, 5.74) is 0. The Labute approximate surface area is 144 Å². The highest BCUT2D eigenvalue weighted by molar-refractivity contribution is 7.89. The van der Waals surface area contributed by atoms with Crippen LogP contribution in [0.15, 0.2) is 29.2 Å². The van der Waals surface area contributed by atoms with Crippen molar-refractivity contribution in [3.63, 3.8) is 0 Å². The molecule has 1 aromatic carbocycles. The van der Waals surface area contributed by atoms with E-state index in [9.17, 15) is 8.42 Å². The van der Waals surface area contributed by atoms with E-state index in [0.717, 1.165) is 24.9 Å². The van der Waals surface area contributed by atoms with E-state index in [-0.39, 0.29) is 0 Å². The van der Waals surface area contributed by atoms with E-state index in [1.54, 1.807) is 35.7 Å². The number of hydrogen-bond donors (Lipinski definition) is 0. The first-order valence-corrected chi connectivity index (χ1v) is 10.4. The summed E-state index contributed by atoms with van der Waals surface area (Å²) in [6.07, 6.45) is 5.51. The van der Waals surface area contributed by atoms with Crippen molar-refractivity contribution >= 4 is 10.0 Å². The SMILES string of the molecule is COc1ccc(S(=O)(=O)N2CCN([C@@H]3C[C@@H]4CC[C@@H]3C4)CC2)cc1. The summed E-state index contributed by atoms with van der Waals surface area (Å²) in [7, 11) is -1.81. The van der Waals surface area contributed by atoms with Gasteiger partial charge >= 0.3 is 0 Å². The topological polar surface area (TPSA) is 49.9 Å². The van der Waals surface area contributed by atoms with E-state index in [2.05, 4.69) is 4.90 Å². The van der Waals surface area contributed by atoms with E-state index >= 15 is 0 Å². The molecule has 0 unspecified atom stereocenters. The molecule has 3 atom stereocenters. The zero-order valence-corrected chi connectivity index (χ0v) is 15.0. The predicted molar refractivity (Wildman–Crippen MR) is 92.6 cm³/mol. The van der Waals surface area contributed by atoms with Crippen molar-refractivity contribution in [1.29, 1.82) is 0 Å². The maximum Gasteiger partial charge on any atom is 0.243 e. The van der Waals surface area contributed by atoms with Gasteiger partial charge in [-0.2, -0.15) is 4.31 Å². The molecule has 2 saturated carbocycles. The molecule has 3 aliphatic rings. The average molecular weight is 350 g/mol. The Balaban J connectivity index is 1.41. The van der Waals surface area contributed by atoms with Crippen LogP contribution in [0, 0.1) is 11.8 Å². The van der Waals surface area contributed by atoms with Crippen molar-refractivity contribution in [1.82, 2.24) is 9.21 Å². The molecule has 2 aliphatic carbocycles. The molecule has 0 spiro atoms. The highest BCUT2D eigenvalue weighted by Crippen LogP contribution is 2.46. The first-order valence-electron chi connectivity index (χ1n) is 8.96. The lowest BCUT2D eigenvalue weighted by atomic mass is 9.93. The van der Waals surface area contributed by atoms with Crippen LogP contribution in [0.4, 0.5) is 0 Å². The molecule has 1 aliphatic heterocycles. The Kier molecular flexibility index (Phi) is 4.31. The van der Waals surface area contributed by atoms with E-state index in [4.69, 9.17) is 4.74 Å². The van der Waals surface area contributed by atoms with Crippen LogP contribution in [0.3, 0.4) is 0 Å². The van der Waals surface area contributed by atoms with Crippen LogP contribution < -0.4 is 4.74 Å². The van der Waals surface area contributed by atoms with E-state index in [0.29, 0.717) is 29.8 Å². The van der Waals surface area contributed by atoms with Crippen LogP contribution in [0.1, 0.15) is 25.7 Å². The number of hydrogen-bond acceptors (Lipinski definition) is 4. The molecule has 132 valence electrons. The first-order chi connectivity index (χ1) is 11.6. The van der Waals surface area contributed by atoms with Gasteiger partial charge in [-0.25, -0.2) is 8.42 Å². The van der Waals surface area contributed by atoms with Gasteiger partial charge in [-0.05, 0) is 55.4 Å². The maximum atomic E-state index is 12.8. The lowest BCUT2D eigenvalue weighted by molar-refractivity contribution is 0.101. The van der Waals surface area contributed by atoms with Crippen molar-refractivity contribution in [2.45, 2.75) is 36.6 Å². The molecule has 0 radical (unpaired) electrons. The number of methoxy groups -OCH3 is 1. The van der Waals surface area contributed by atoms with Crippen LogP contribution >= 0.6 is 0 Å². The van der Waals surface area contributed by atoms with E-state index in [1.165, 1.54) is 25.7 Å². The van der Waals surface area contributed by atoms with Gasteiger partial charge in [0.15, 0.2) is 0 Å². The Morgan fingerprint density at radius 1 is 1.00 bits per heavy atom. The fourth-order valence-corrected chi connectivity index (χ4v) is 6.25. The third kappa shape index (κ3) is 2.85. The van der Waals surface area contributed by atoms with Gasteiger partial charge in [0.25, 0.3) is 0 Å². The van der Waals surface area contributed by atoms with Crippen LogP contribution in [0.5, 0.6) is 5.75 Å². The largest absolute Gasteiger partial charge is 0.497 e. The van der Waals surface area contributed by atoms with Crippen molar-refractivity contribution in [3.8, 4) is 5.75 Å². The standard InChI is InChI=1S/C18H26N2O3S/c1-23-16-4-6-17(7-5-16)24(21,22)20-10-8-19(9-11-20)18-13-14-2-3-15(18)12-14/h4-7,14-15,18H,2-3,8-13H2,1H3/t14-,15-,18-/m1/s1. The summed E-state index contributed by atoms with van der Waals surface area (Å²) in [6, 6.07) is 7.39. The molecule has 1 heterocycles. The smallest absolute Gasteiger partial charge is 0.243 e. The first kappa shape index (κ1) is 16.4. The van der Waals surface area contributed by atoms with E-state index < -0.39 is 10.0 Å². The minimum Gasteiger partial charge on any atom is -0.497 e. The fourth-order valence-electron chi connectivity index (χ4n) is 4.83. The van der Waals surface area contributed by atoms with Crippen molar-refractivity contribution in [2.75, 3.05) is 33.3 Å². The zero-order valence-electron chi connectivity index (χ0n) is 14.2. The number of nitrogens with zero attached hydrogens (tertiary/aromatic N) is 2. The second kappa shape index (κ2) is 6.32. The molecule has 5 nitrogen and oxygen atoms in total. The summed E-state index contributed by atoms with van der Waals surface area (Å²) in [5, 5.41) is 0. The number of rotatable bonds is 4. The molecular weight excluding hydrogens is 324 g/mol. The number of sulfonamides is 1. The van der Waals surface area contributed by atoms with Gasteiger partial charge in [0, 0.05) is 32.2 Å². The van der Waals surface area contributed by atoms with Gasteiger partial charge in [-0.1, -0.05) is 6.42 Å². The number of piperazine rings is 1. The molecule has 1 aromatic rings. The Bertz CT molecular complexity index is 681. The maximum absolute atomic E-state index is 12.8. The van der Waals surface area contributed by atoms with Crippen molar-refractivity contribution in [2.24, 2.45) is 11.8 Å². The molecular formula is C18H26N2O3S. The summed E-state index contributed by atoms with van der Waals surface area (Å²) in [6.45, 7) is 2.93. The fraction of sp³-hybridized carbons (Fsp3) is 0.667. The highest BCUT2D eigenvalue weighted by Gasteiger charge is 2.43. The Morgan fingerprint density at radius 2 is 1.71 bits per heavy atom. The Hall–Kier alpha value is -1.11. The van der Waals surface area contributed by atoms with Crippen molar-refractivity contribution < 1.29 is 13.2 Å². The summed E-state index contributed by atoms with van der Waals surface area (Å²) >= 11 is 0. The van der Waals surface area contributed by atoms with Gasteiger partial charge in [-0.3, -0.25) is 4.90 Å². The van der Waals surface area contributed by atoms with Gasteiger partial charge in [-0.15, -0.1) is 0 Å². The molecule has 3 fully saturated rings. The van der Waals surface area contributed by atoms with Gasteiger partial charge < -0.3 is 4.74 Å². The molecule has 0 amide bonds. The van der Waals surface area contributed by atoms with Crippen LogP contribution in [0.25, 0.3) is 0 Å². The van der Waals surface area contributed by atoms with Crippen molar-refractivity contribution in [3.05, 3.63) is 24.3 Å². The second-order valence-corrected chi connectivity index (χ2v) is 9.30. The number of fused-ring (bicyclic) bond motifs is 2. The molecule has 0 aromatic heterocycles. The number of ether oxygens (including phenoxy) is 1. The predicted octanol–water partition coefficient (Wildman–Crippen LogP) is 2.19. The highest BCUT2D eigenvalue weighted by atomic mass is 32.2. The van der Waals surface area contributed by atoms with E-state index in [1.807, 2.05) is 0 Å². The molecule has 4 rings (SSSR count). The Morgan fingerprint density at radius 3 is 2.25 bits per heavy atom. The number of benzene rings is 1. The van der Waals surface area contributed by atoms with Gasteiger partial charge in [0.2, 0.25) is 10.0 Å². The lowest BCUT2D eigenvalue weighted by Gasteiger charge is -2.40. The third-order valence-electron chi connectivity index (χ3n) is 6.14. The molecule has 0 N–H and O–H groups in total. The van der Waals surface area contributed by atoms with Gasteiger partial charge in [0.1, 0.15) is 5.75 Å². The van der Waals surface area contributed by atoms with Gasteiger partial charge in [0.05, 0.1) is 12.0 Å². The average Bonchev–Trinajstić information content (AvgIpc) is 3.25. The minimum atomic E-state index is -3.39. The molecule has 2 bridgehead atoms. The minimum absolute atomic E-state index is 0.358. The van der Waals surface area contributed by atoms with Crippen LogP contribution in [0.2, 0.25) is 0 Å². The summed E-state index contributed by atoms with van der Waals surface area (Å²) in [5.74, 6) is 2.47. The summed E-state index contributed by atoms with van der Waals surface area (Å²) < 4.78 is 32.4. The lowest BCUT2D eigenvalue weighted by Crippen LogP contribution is -2.53. The van der Waals surface area contributed by atoms with Crippen LogP contribution in [-0.4, -0.2) is 57.0 Å². The molecule has 6 heteroatoms. The normalized spacial score (nSPS) is 31.5. The molecule has 24 heavy (non-hydrogen) atoms. The summed E-state index contributed by atoms with van der Waals surface area (Å²) in [4.78, 5) is 2.90. The quantitative estimate of drug-likeness (QED) is 0.835. The monoisotopic (exact) mass is 350 g/mol. The third-order valence-corrected chi connectivity index (χ3v) is 8.05. The zero-order chi connectivity index (χ0) is 16.7.